The van der Waals surface area contributed by atoms with E-state index < -0.39 is 18.8 Å². The van der Waals surface area contributed by atoms with Crippen molar-refractivity contribution in [2.75, 3.05) is 0 Å². The molecule has 21 heavy (non-hydrogen) atoms. The third-order valence-corrected chi connectivity index (χ3v) is 2.73. The molecule has 0 unspecified atom stereocenters. The minimum Gasteiger partial charge on any atom is -0.475 e. The highest BCUT2D eigenvalue weighted by Crippen LogP contribution is 2.19. The lowest BCUT2D eigenvalue weighted by Gasteiger charge is -2.06. The maximum Gasteiger partial charge on any atom is 0.490 e. The van der Waals surface area contributed by atoms with Gasteiger partial charge in [0, 0.05) is 11.0 Å². The molecule has 5 N–H and O–H groups in total. The quantitative estimate of drug-likeness (QED) is 0.371. The summed E-state index contributed by atoms with van der Waals surface area (Å²) in [6.07, 6.45) is -5.08. The van der Waals surface area contributed by atoms with Crippen LogP contribution >= 0.6 is 15.9 Å². The lowest BCUT2D eigenvalue weighted by atomic mass is 10.1. The molecule has 0 fully saturated rings. The van der Waals surface area contributed by atoms with Gasteiger partial charge >= 0.3 is 12.1 Å². The number of carboxylic acids is 1. The lowest BCUT2D eigenvalue weighted by Crippen LogP contribution is -2.29. The SMILES string of the molecule is N=C(N)NCc1ccc(CF)c(Br)c1.O=C(O)C(F)(F)F. The van der Waals surface area contributed by atoms with Crippen molar-refractivity contribution >= 4 is 27.9 Å². The fourth-order valence-corrected chi connectivity index (χ4v) is 1.54. The first kappa shape index (κ1) is 19.2. The molecule has 0 aliphatic carbocycles. The summed E-state index contributed by atoms with van der Waals surface area (Å²) in [5.41, 5.74) is 6.71. The van der Waals surface area contributed by atoms with Crippen LogP contribution in [0.4, 0.5) is 17.6 Å². The van der Waals surface area contributed by atoms with E-state index in [-0.39, 0.29) is 5.96 Å². The van der Waals surface area contributed by atoms with Gasteiger partial charge in [-0.25, -0.2) is 9.18 Å². The van der Waals surface area contributed by atoms with Crippen LogP contribution in [0.25, 0.3) is 0 Å². The molecule has 0 aromatic heterocycles. The molecule has 0 spiro atoms. The molecular weight excluding hydrogens is 362 g/mol. The fraction of sp³-hybridized carbons (Fsp3) is 0.273. The van der Waals surface area contributed by atoms with E-state index in [9.17, 15) is 17.6 Å². The summed E-state index contributed by atoms with van der Waals surface area (Å²) < 4.78 is 44.8. The van der Waals surface area contributed by atoms with Crippen molar-refractivity contribution in [3.63, 3.8) is 0 Å². The Morgan fingerprint density at radius 3 is 2.29 bits per heavy atom. The number of alkyl halides is 4. The Morgan fingerprint density at radius 2 is 1.95 bits per heavy atom. The largest absolute Gasteiger partial charge is 0.490 e. The fourth-order valence-electron chi connectivity index (χ4n) is 1.01. The number of nitrogens with one attached hydrogen (secondary N) is 2. The Balaban J connectivity index is 0.000000486. The van der Waals surface area contributed by atoms with Crippen molar-refractivity contribution in [1.82, 2.24) is 5.32 Å². The molecule has 1 aromatic rings. The molecule has 10 heteroatoms. The summed E-state index contributed by atoms with van der Waals surface area (Å²) in [7, 11) is 0. The molecule has 1 aromatic carbocycles. The van der Waals surface area contributed by atoms with Gasteiger partial charge in [-0.2, -0.15) is 13.2 Å². The van der Waals surface area contributed by atoms with Gasteiger partial charge in [-0.3, -0.25) is 5.41 Å². The molecule has 0 saturated carbocycles. The van der Waals surface area contributed by atoms with E-state index in [0.717, 1.165) is 10.0 Å². The second-order valence-electron chi connectivity index (χ2n) is 3.63. The van der Waals surface area contributed by atoms with E-state index in [1.54, 1.807) is 12.1 Å². The van der Waals surface area contributed by atoms with E-state index in [2.05, 4.69) is 21.2 Å². The molecule has 0 amide bonds. The standard InChI is InChI=1S/C9H11BrFN3.C2HF3O2/c10-8-3-6(5-14-9(12)13)1-2-7(8)4-11;3-2(4,5)1(6)7/h1-3H,4-5H2,(H4,12,13,14);(H,6,7). The molecule has 0 radical (unpaired) electrons. The first-order valence-corrected chi connectivity index (χ1v) is 6.08. The van der Waals surface area contributed by atoms with Crippen LogP contribution in [0.2, 0.25) is 0 Å². The number of aliphatic carboxylic acids is 1. The Bertz CT molecular complexity index is 509. The monoisotopic (exact) mass is 373 g/mol. The minimum absolute atomic E-state index is 0.0734. The number of guanidine groups is 1. The van der Waals surface area contributed by atoms with Crippen LogP contribution in [0.15, 0.2) is 22.7 Å². The predicted octanol–water partition coefficient (Wildman–Crippen LogP) is 2.53. The first-order valence-electron chi connectivity index (χ1n) is 5.29. The summed E-state index contributed by atoms with van der Waals surface area (Å²) >= 11 is 3.26. The van der Waals surface area contributed by atoms with Gasteiger partial charge in [-0.15, -0.1) is 0 Å². The molecular formula is C11H12BrF4N3O2. The van der Waals surface area contributed by atoms with E-state index in [1.165, 1.54) is 0 Å². The topological polar surface area (TPSA) is 99.2 Å². The molecule has 0 aliphatic heterocycles. The van der Waals surface area contributed by atoms with Crippen LogP contribution in [0, 0.1) is 5.41 Å². The molecule has 0 aliphatic rings. The molecule has 0 saturated heterocycles. The third-order valence-electron chi connectivity index (χ3n) is 1.99. The number of rotatable bonds is 3. The van der Waals surface area contributed by atoms with Crippen LogP contribution in [-0.4, -0.2) is 23.2 Å². The van der Waals surface area contributed by atoms with Crippen molar-refractivity contribution in [3.05, 3.63) is 33.8 Å². The molecule has 0 atom stereocenters. The molecule has 1 rings (SSSR count). The van der Waals surface area contributed by atoms with Gasteiger partial charge in [0.2, 0.25) is 0 Å². The average Bonchev–Trinajstić information content (AvgIpc) is 2.36. The molecule has 118 valence electrons. The maximum atomic E-state index is 12.3. The van der Waals surface area contributed by atoms with E-state index in [4.69, 9.17) is 21.0 Å². The highest BCUT2D eigenvalue weighted by Gasteiger charge is 2.38. The number of hydrogen-bond acceptors (Lipinski definition) is 2. The number of benzene rings is 1. The van der Waals surface area contributed by atoms with Crippen LogP contribution in [0.5, 0.6) is 0 Å². The Morgan fingerprint density at radius 1 is 1.43 bits per heavy atom. The summed E-state index contributed by atoms with van der Waals surface area (Å²) in [5, 5.41) is 16.8. The van der Waals surface area contributed by atoms with Gasteiger partial charge in [0.25, 0.3) is 0 Å². The zero-order valence-corrected chi connectivity index (χ0v) is 12.1. The number of nitrogens with two attached hydrogens (primary N) is 1. The van der Waals surface area contributed by atoms with E-state index in [0.29, 0.717) is 12.1 Å². The summed E-state index contributed by atoms with van der Waals surface area (Å²) in [6, 6.07) is 5.32. The summed E-state index contributed by atoms with van der Waals surface area (Å²) in [6.45, 7) is -0.0124. The van der Waals surface area contributed by atoms with Crippen molar-refractivity contribution in [2.24, 2.45) is 5.73 Å². The number of carbonyl (C=O) groups is 1. The van der Waals surface area contributed by atoms with E-state index in [1.807, 2.05) is 6.07 Å². The second kappa shape index (κ2) is 8.45. The van der Waals surface area contributed by atoms with Crippen molar-refractivity contribution in [1.29, 1.82) is 5.41 Å². The predicted molar refractivity (Wildman–Crippen MR) is 71.4 cm³/mol. The minimum atomic E-state index is -5.08. The van der Waals surface area contributed by atoms with Crippen molar-refractivity contribution < 1.29 is 27.5 Å². The summed E-state index contributed by atoms with van der Waals surface area (Å²) in [4.78, 5) is 8.90. The van der Waals surface area contributed by atoms with Crippen LogP contribution < -0.4 is 11.1 Å². The lowest BCUT2D eigenvalue weighted by molar-refractivity contribution is -0.192. The van der Waals surface area contributed by atoms with Crippen LogP contribution in [-0.2, 0) is 18.0 Å². The van der Waals surface area contributed by atoms with Crippen molar-refractivity contribution in [2.45, 2.75) is 19.4 Å². The Labute approximate surface area is 125 Å². The molecule has 5 nitrogen and oxygen atoms in total. The van der Waals surface area contributed by atoms with Gasteiger partial charge in [-0.05, 0) is 17.2 Å². The normalized spacial score (nSPS) is 10.3. The number of halogens is 5. The van der Waals surface area contributed by atoms with Gasteiger partial charge in [0.15, 0.2) is 5.96 Å². The summed E-state index contributed by atoms with van der Waals surface area (Å²) in [5.74, 6) is -2.83. The highest BCUT2D eigenvalue weighted by molar-refractivity contribution is 9.10. The zero-order chi connectivity index (χ0) is 16.6. The second-order valence-corrected chi connectivity index (χ2v) is 4.48. The third kappa shape index (κ3) is 8.12. The van der Waals surface area contributed by atoms with Gasteiger partial charge in [0.1, 0.15) is 6.67 Å². The van der Waals surface area contributed by atoms with E-state index >= 15 is 0 Å². The molecule has 0 bridgehead atoms. The number of hydrogen-bond donors (Lipinski definition) is 4. The Kier molecular flexibility index (Phi) is 7.71. The highest BCUT2D eigenvalue weighted by atomic mass is 79.9. The Hall–Kier alpha value is -1.84. The van der Waals surface area contributed by atoms with Crippen LogP contribution in [0.3, 0.4) is 0 Å². The smallest absolute Gasteiger partial charge is 0.475 e. The number of carboxylic acid groups (broad SMARTS) is 1. The van der Waals surface area contributed by atoms with Gasteiger partial charge < -0.3 is 16.2 Å². The van der Waals surface area contributed by atoms with Gasteiger partial charge in [0.05, 0.1) is 0 Å². The first-order chi connectivity index (χ1) is 9.57. The zero-order valence-electron chi connectivity index (χ0n) is 10.5. The van der Waals surface area contributed by atoms with Crippen LogP contribution in [0.1, 0.15) is 11.1 Å². The van der Waals surface area contributed by atoms with Crippen molar-refractivity contribution in [3.8, 4) is 0 Å². The maximum absolute atomic E-state index is 12.3. The molecule has 0 heterocycles. The average molecular weight is 374 g/mol. The van der Waals surface area contributed by atoms with Gasteiger partial charge in [-0.1, -0.05) is 28.1 Å².